The Balaban J connectivity index is 0.00000288. The third-order valence-corrected chi connectivity index (χ3v) is 4.09. The fourth-order valence-electron chi connectivity index (χ4n) is 2.32. The zero-order chi connectivity index (χ0) is 17.0. The van der Waals surface area contributed by atoms with Crippen LogP contribution in [0, 0.1) is 0 Å². The minimum absolute atomic E-state index is 0. The van der Waals surface area contributed by atoms with E-state index < -0.39 is 5.41 Å². The van der Waals surface area contributed by atoms with Gasteiger partial charge in [0.15, 0.2) is 17.3 Å². The van der Waals surface area contributed by atoms with E-state index in [0.717, 1.165) is 12.0 Å². The van der Waals surface area contributed by atoms with Crippen molar-refractivity contribution in [2.45, 2.75) is 38.6 Å². The van der Waals surface area contributed by atoms with Crippen molar-refractivity contribution in [1.29, 1.82) is 0 Å². The molecular formula is C17H26ClN3O3. The van der Waals surface area contributed by atoms with Crippen molar-refractivity contribution in [3.63, 3.8) is 0 Å². The number of rotatable bonds is 7. The van der Waals surface area contributed by atoms with Gasteiger partial charge >= 0.3 is 0 Å². The summed E-state index contributed by atoms with van der Waals surface area (Å²) in [7, 11) is 5.16. The molecule has 1 atom stereocenters. The zero-order valence-electron chi connectivity index (χ0n) is 15.0. The van der Waals surface area contributed by atoms with Gasteiger partial charge in [0.1, 0.15) is 0 Å². The molecule has 0 radical (unpaired) electrons. The molecule has 0 aliphatic heterocycles. The van der Waals surface area contributed by atoms with Gasteiger partial charge in [0.25, 0.3) is 0 Å². The summed E-state index contributed by atoms with van der Waals surface area (Å²) >= 11 is 0. The van der Waals surface area contributed by atoms with Crippen LogP contribution >= 0.6 is 12.4 Å². The molecule has 0 fully saturated rings. The summed E-state index contributed by atoms with van der Waals surface area (Å²) in [4.78, 5) is 4.55. The van der Waals surface area contributed by atoms with E-state index in [1.807, 2.05) is 39.1 Å². The fraction of sp³-hybridized carbons (Fsp3) is 0.529. The topological polar surface area (TPSA) is 69.4 Å². The number of hydrogen-bond donors (Lipinski definition) is 1. The Bertz CT molecular complexity index is 658. The maximum Gasteiger partial charge on any atom is 0.236 e. The van der Waals surface area contributed by atoms with E-state index in [-0.39, 0.29) is 12.4 Å². The average molecular weight is 356 g/mol. The molecular weight excluding hydrogens is 330 g/mol. The smallest absolute Gasteiger partial charge is 0.236 e. The Morgan fingerprint density at radius 1 is 1.21 bits per heavy atom. The summed E-state index contributed by atoms with van der Waals surface area (Å²) in [6.45, 7) is 6.18. The number of aromatic nitrogens is 2. The third-order valence-electron chi connectivity index (χ3n) is 4.09. The van der Waals surface area contributed by atoms with Crippen molar-refractivity contribution in [3.8, 4) is 11.5 Å². The Labute approximate surface area is 149 Å². The lowest BCUT2D eigenvalue weighted by molar-refractivity contribution is 0.326. The second-order valence-electron chi connectivity index (χ2n) is 6.10. The predicted octanol–water partition coefficient (Wildman–Crippen LogP) is 2.98. The van der Waals surface area contributed by atoms with Gasteiger partial charge in [-0.15, -0.1) is 12.4 Å². The number of nitrogens with zero attached hydrogens (tertiary/aromatic N) is 2. The first-order valence-corrected chi connectivity index (χ1v) is 7.65. The Kier molecular flexibility index (Phi) is 7.05. The summed E-state index contributed by atoms with van der Waals surface area (Å²) < 4.78 is 16.2. The number of methoxy groups -OCH3 is 2. The predicted molar refractivity (Wildman–Crippen MR) is 95.4 cm³/mol. The minimum Gasteiger partial charge on any atom is -0.493 e. The average Bonchev–Trinajstić information content (AvgIpc) is 3.03. The van der Waals surface area contributed by atoms with Crippen LogP contribution in [-0.4, -0.2) is 37.4 Å². The highest BCUT2D eigenvalue weighted by Crippen LogP contribution is 2.36. The van der Waals surface area contributed by atoms with Gasteiger partial charge in [-0.2, -0.15) is 4.98 Å². The first-order valence-electron chi connectivity index (χ1n) is 7.65. The molecule has 1 aromatic heterocycles. The second kappa shape index (κ2) is 8.35. The largest absolute Gasteiger partial charge is 0.493 e. The number of halogens is 1. The van der Waals surface area contributed by atoms with Gasteiger partial charge in [-0.3, -0.25) is 0 Å². The molecule has 1 heterocycles. The van der Waals surface area contributed by atoms with E-state index in [9.17, 15) is 0 Å². The molecule has 1 aromatic carbocycles. The highest BCUT2D eigenvalue weighted by atomic mass is 35.5. The molecule has 0 saturated carbocycles. The van der Waals surface area contributed by atoms with Crippen molar-refractivity contribution in [1.82, 2.24) is 15.5 Å². The van der Waals surface area contributed by atoms with Crippen molar-refractivity contribution < 1.29 is 14.0 Å². The molecule has 1 N–H and O–H groups in total. The molecule has 6 nitrogen and oxygen atoms in total. The van der Waals surface area contributed by atoms with E-state index in [2.05, 4.69) is 22.4 Å². The van der Waals surface area contributed by atoms with Crippen molar-refractivity contribution in [3.05, 3.63) is 35.5 Å². The quantitative estimate of drug-likeness (QED) is 0.823. The molecule has 0 spiro atoms. The minimum atomic E-state index is -0.423. The first-order chi connectivity index (χ1) is 10.9. The van der Waals surface area contributed by atoms with E-state index in [1.165, 1.54) is 0 Å². The summed E-state index contributed by atoms with van der Waals surface area (Å²) in [5, 5.41) is 7.26. The first kappa shape index (κ1) is 20.3. The molecule has 134 valence electrons. The Morgan fingerprint density at radius 3 is 2.46 bits per heavy atom. The van der Waals surface area contributed by atoms with Crippen LogP contribution in [0.1, 0.15) is 38.0 Å². The standard InChI is InChI=1S/C17H25N3O3.ClH/c1-11(18-4)9-15-19-16(23-20-15)17(2,3)12-7-8-13(21-5)14(10-12)22-6;/h7-8,10-11,18H,9H2,1-6H3;1H. The summed E-state index contributed by atoms with van der Waals surface area (Å²) in [6.07, 6.45) is 0.724. The van der Waals surface area contributed by atoms with E-state index in [0.29, 0.717) is 29.3 Å². The lowest BCUT2D eigenvalue weighted by Gasteiger charge is -2.21. The normalized spacial score (nSPS) is 12.4. The molecule has 0 amide bonds. The number of benzene rings is 1. The highest BCUT2D eigenvalue weighted by molar-refractivity contribution is 5.85. The van der Waals surface area contributed by atoms with Crippen molar-refractivity contribution in [2.24, 2.45) is 0 Å². The monoisotopic (exact) mass is 355 g/mol. The van der Waals surface area contributed by atoms with Crippen LogP contribution < -0.4 is 14.8 Å². The number of nitrogens with one attached hydrogen (secondary N) is 1. The molecule has 24 heavy (non-hydrogen) atoms. The molecule has 2 rings (SSSR count). The van der Waals surface area contributed by atoms with Gasteiger partial charge in [0.05, 0.1) is 19.6 Å². The Morgan fingerprint density at radius 2 is 1.88 bits per heavy atom. The highest BCUT2D eigenvalue weighted by Gasteiger charge is 2.31. The van der Waals surface area contributed by atoms with E-state index in [4.69, 9.17) is 14.0 Å². The molecule has 0 aliphatic rings. The summed E-state index contributed by atoms with van der Waals surface area (Å²) in [6, 6.07) is 6.11. The molecule has 2 aromatic rings. The van der Waals surface area contributed by atoms with Crippen LogP contribution in [0.3, 0.4) is 0 Å². The van der Waals surface area contributed by atoms with Crippen molar-refractivity contribution in [2.75, 3.05) is 21.3 Å². The number of ether oxygens (including phenoxy) is 2. The maximum atomic E-state index is 5.50. The van der Waals surface area contributed by atoms with Gasteiger partial charge in [-0.05, 0) is 45.5 Å². The molecule has 7 heteroatoms. The van der Waals surface area contributed by atoms with E-state index >= 15 is 0 Å². The number of hydrogen-bond acceptors (Lipinski definition) is 6. The zero-order valence-corrected chi connectivity index (χ0v) is 15.9. The van der Waals surface area contributed by atoms with Gasteiger partial charge < -0.3 is 19.3 Å². The van der Waals surface area contributed by atoms with Gasteiger partial charge in [0, 0.05) is 12.5 Å². The molecule has 0 saturated heterocycles. The van der Waals surface area contributed by atoms with Gasteiger partial charge in [0.2, 0.25) is 5.89 Å². The van der Waals surface area contributed by atoms with Gasteiger partial charge in [-0.1, -0.05) is 11.2 Å². The van der Waals surface area contributed by atoms with Crippen LogP contribution in [-0.2, 0) is 11.8 Å². The molecule has 0 aliphatic carbocycles. The van der Waals surface area contributed by atoms with Gasteiger partial charge in [-0.25, -0.2) is 0 Å². The van der Waals surface area contributed by atoms with Crippen LogP contribution in [0.5, 0.6) is 11.5 Å². The molecule has 0 bridgehead atoms. The Hall–Kier alpha value is -1.79. The number of likely N-dealkylation sites (N-methyl/N-ethyl adjacent to an activating group) is 1. The van der Waals surface area contributed by atoms with Crippen LogP contribution in [0.15, 0.2) is 22.7 Å². The van der Waals surface area contributed by atoms with E-state index in [1.54, 1.807) is 14.2 Å². The molecule has 1 unspecified atom stereocenters. The van der Waals surface area contributed by atoms with Crippen LogP contribution in [0.4, 0.5) is 0 Å². The fourth-order valence-corrected chi connectivity index (χ4v) is 2.32. The maximum absolute atomic E-state index is 5.50. The SMILES string of the molecule is CNC(C)Cc1noc(C(C)(C)c2ccc(OC)c(OC)c2)n1.Cl. The third kappa shape index (κ3) is 4.19. The lowest BCUT2D eigenvalue weighted by atomic mass is 9.84. The second-order valence-corrected chi connectivity index (χ2v) is 6.10. The lowest BCUT2D eigenvalue weighted by Crippen LogP contribution is -2.24. The van der Waals surface area contributed by atoms with Crippen LogP contribution in [0.2, 0.25) is 0 Å². The summed E-state index contributed by atoms with van der Waals surface area (Å²) in [5.41, 5.74) is 0.597. The summed E-state index contributed by atoms with van der Waals surface area (Å²) in [5.74, 6) is 2.67. The van der Waals surface area contributed by atoms with Crippen molar-refractivity contribution >= 4 is 12.4 Å². The van der Waals surface area contributed by atoms with Crippen LogP contribution in [0.25, 0.3) is 0 Å².